The van der Waals surface area contributed by atoms with Gasteiger partial charge in [-0.2, -0.15) is 11.8 Å². The molecule has 0 fully saturated rings. The van der Waals surface area contributed by atoms with Crippen LogP contribution in [-0.2, 0) is 12.8 Å². The fraction of sp³-hybridized carbons (Fsp3) is 0.625. The van der Waals surface area contributed by atoms with Crippen molar-refractivity contribution in [2.75, 3.05) is 19.4 Å². The number of nitrogens with one attached hydrogen (secondary N) is 1. The zero-order chi connectivity index (χ0) is 14.5. The van der Waals surface area contributed by atoms with Crippen molar-refractivity contribution in [2.24, 2.45) is 0 Å². The van der Waals surface area contributed by atoms with E-state index < -0.39 is 0 Å². The molecule has 1 aromatic rings. The first-order chi connectivity index (χ1) is 9.63. The van der Waals surface area contributed by atoms with E-state index in [0.717, 1.165) is 36.0 Å². The van der Waals surface area contributed by atoms with Crippen LogP contribution >= 0.6 is 23.4 Å². The quantitative estimate of drug-likeness (QED) is 0.824. The second-order valence-corrected chi connectivity index (χ2v) is 7.30. The highest BCUT2D eigenvalue weighted by atomic mass is 35.5. The number of ether oxygens (including phenoxy) is 1. The van der Waals surface area contributed by atoms with E-state index in [4.69, 9.17) is 16.3 Å². The zero-order valence-corrected chi connectivity index (χ0v) is 14.1. The van der Waals surface area contributed by atoms with E-state index in [2.05, 4.69) is 25.2 Å². The maximum Gasteiger partial charge on any atom is 0.125 e. The van der Waals surface area contributed by atoms with Crippen molar-refractivity contribution in [3.8, 4) is 5.75 Å². The molecule has 2 rings (SSSR count). The average Bonchev–Trinajstić information content (AvgIpc) is 2.90. The van der Waals surface area contributed by atoms with Crippen LogP contribution in [0.4, 0.5) is 0 Å². The Morgan fingerprint density at radius 3 is 2.95 bits per heavy atom. The monoisotopic (exact) mass is 313 g/mol. The van der Waals surface area contributed by atoms with Crippen molar-refractivity contribution >= 4 is 23.4 Å². The summed E-state index contributed by atoms with van der Waals surface area (Å²) in [6.45, 7) is 5.32. The number of likely N-dealkylation sites (N-methyl/N-ethyl adjacent to an activating group) is 1. The van der Waals surface area contributed by atoms with Crippen molar-refractivity contribution in [3.63, 3.8) is 0 Å². The van der Waals surface area contributed by atoms with Gasteiger partial charge in [0.2, 0.25) is 0 Å². The Morgan fingerprint density at radius 1 is 1.45 bits per heavy atom. The lowest BCUT2D eigenvalue weighted by Crippen LogP contribution is -2.30. The molecule has 0 saturated heterocycles. The van der Waals surface area contributed by atoms with Gasteiger partial charge in [-0.1, -0.05) is 25.4 Å². The number of hydrogen-bond acceptors (Lipinski definition) is 3. The standard InChI is InChI=1S/C16H24ClNOS/c1-4-11(2)20-10-15(18-3)9-13-8-14(17)7-12-5-6-19-16(12)13/h7-8,11,15,18H,4-6,9-10H2,1-3H3. The minimum atomic E-state index is 0.459. The van der Waals surface area contributed by atoms with E-state index in [0.29, 0.717) is 11.3 Å². The molecule has 4 heteroatoms. The SMILES string of the molecule is CCC(C)SCC(Cc1cc(Cl)cc2c1OCC2)NC. The highest BCUT2D eigenvalue weighted by Crippen LogP contribution is 2.33. The molecule has 0 spiro atoms. The summed E-state index contributed by atoms with van der Waals surface area (Å²) in [7, 11) is 2.04. The number of fused-ring (bicyclic) bond motifs is 1. The lowest BCUT2D eigenvalue weighted by molar-refractivity contribution is 0.352. The fourth-order valence-electron chi connectivity index (χ4n) is 2.41. The molecule has 0 bridgehead atoms. The van der Waals surface area contributed by atoms with Crippen LogP contribution in [0.1, 0.15) is 31.4 Å². The Bertz CT molecular complexity index is 452. The third-order valence-corrected chi connectivity index (χ3v) is 5.57. The van der Waals surface area contributed by atoms with Crippen LogP contribution < -0.4 is 10.1 Å². The number of benzene rings is 1. The second kappa shape index (κ2) is 7.58. The van der Waals surface area contributed by atoms with Crippen LogP contribution in [0, 0.1) is 0 Å². The third-order valence-electron chi connectivity index (χ3n) is 3.86. The molecule has 1 aromatic carbocycles. The first kappa shape index (κ1) is 16.0. The summed E-state index contributed by atoms with van der Waals surface area (Å²) in [6.07, 6.45) is 3.17. The fourth-order valence-corrected chi connectivity index (χ4v) is 3.75. The Morgan fingerprint density at radius 2 is 2.25 bits per heavy atom. The molecule has 20 heavy (non-hydrogen) atoms. The summed E-state index contributed by atoms with van der Waals surface area (Å²) >= 11 is 8.25. The summed E-state index contributed by atoms with van der Waals surface area (Å²) in [5, 5.41) is 4.96. The number of thioether (sulfide) groups is 1. The van der Waals surface area contributed by atoms with Crippen LogP contribution in [0.15, 0.2) is 12.1 Å². The maximum atomic E-state index is 6.22. The van der Waals surface area contributed by atoms with Crippen molar-refractivity contribution < 1.29 is 4.74 Å². The van der Waals surface area contributed by atoms with Crippen LogP contribution in [0.25, 0.3) is 0 Å². The first-order valence-electron chi connectivity index (χ1n) is 7.37. The lowest BCUT2D eigenvalue weighted by Gasteiger charge is -2.19. The molecule has 0 aliphatic carbocycles. The van der Waals surface area contributed by atoms with Gasteiger partial charge in [-0.3, -0.25) is 0 Å². The smallest absolute Gasteiger partial charge is 0.125 e. The first-order valence-corrected chi connectivity index (χ1v) is 8.79. The van der Waals surface area contributed by atoms with E-state index in [1.165, 1.54) is 17.5 Å². The van der Waals surface area contributed by atoms with E-state index in [9.17, 15) is 0 Å². The summed E-state index contributed by atoms with van der Waals surface area (Å²) < 4.78 is 5.78. The van der Waals surface area contributed by atoms with Crippen LogP contribution in [-0.4, -0.2) is 30.7 Å². The van der Waals surface area contributed by atoms with Gasteiger partial charge in [0.1, 0.15) is 5.75 Å². The molecule has 0 saturated carbocycles. The molecule has 0 aromatic heterocycles. The van der Waals surface area contributed by atoms with E-state index >= 15 is 0 Å². The van der Waals surface area contributed by atoms with Gasteiger partial charge in [0.25, 0.3) is 0 Å². The number of rotatable bonds is 7. The normalized spacial score (nSPS) is 16.6. The van der Waals surface area contributed by atoms with Crippen LogP contribution in [0.5, 0.6) is 5.75 Å². The number of hydrogen-bond donors (Lipinski definition) is 1. The molecule has 1 aliphatic heterocycles. The molecule has 0 radical (unpaired) electrons. The summed E-state index contributed by atoms with van der Waals surface area (Å²) in [5.41, 5.74) is 2.51. The largest absolute Gasteiger partial charge is 0.493 e. The molecule has 2 atom stereocenters. The number of halogens is 1. The Labute approximate surface area is 131 Å². The molecule has 0 amide bonds. The highest BCUT2D eigenvalue weighted by Gasteiger charge is 2.20. The minimum absolute atomic E-state index is 0.459. The van der Waals surface area contributed by atoms with Crippen molar-refractivity contribution in [3.05, 3.63) is 28.3 Å². The van der Waals surface area contributed by atoms with E-state index in [1.807, 2.05) is 24.9 Å². The molecular weight excluding hydrogens is 290 g/mol. The minimum Gasteiger partial charge on any atom is -0.493 e. The summed E-state index contributed by atoms with van der Waals surface area (Å²) in [5.74, 6) is 2.19. The molecule has 112 valence electrons. The van der Waals surface area contributed by atoms with Gasteiger partial charge in [0.05, 0.1) is 6.61 Å². The molecule has 1 N–H and O–H groups in total. The van der Waals surface area contributed by atoms with Crippen LogP contribution in [0.3, 0.4) is 0 Å². The van der Waals surface area contributed by atoms with Gasteiger partial charge >= 0.3 is 0 Å². The highest BCUT2D eigenvalue weighted by molar-refractivity contribution is 7.99. The van der Waals surface area contributed by atoms with Gasteiger partial charge in [-0.15, -0.1) is 0 Å². The molecule has 1 heterocycles. The van der Waals surface area contributed by atoms with Gasteiger partial charge in [0.15, 0.2) is 0 Å². The summed E-state index contributed by atoms with van der Waals surface area (Å²) in [6, 6.07) is 4.56. The van der Waals surface area contributed by atoms with Gasteiger partial charge in [-0.25, -0.2) is 0 Å². The van der Waals surface area contributed by atoms with Crippen LogP contribution in [0.2, 0.25) is 5.02 Å². The average molecular weight is 314 g/mol. The second-order valence-electron chi connectivity index (χ2n) is 5.39. The van der Waals surface area contributed by atoms with E-state index in [-0.39, 0.29) is 0 Å². The molecular formula is C16H24ClNOS. The van der Waals surface area contributed by atoms with Crippen molar-refractivity contribution in [2.45, 2.75) is 44.4 Å². The van der Waals surface area contributed by atoms with E-state index in [1.54, 1.807) is 0 Å². The lowest BCUT2D eigenvalue weighted by atomic mass is 10.0. The third kappa shape index (κ3) is 4.06. The van der Waals surface area contributed by atoms with Gasteiger partial charge < -0.3 is 10.1 Å². The topological polar surface area (TPSA) is 21.3 Å². The predicted octanol–water partition coefficient (Wildman–Crippen LogP) is 3.94. The molecule has 2 nitrogen and oxygen atoms in total. The molecule has 2 unspecified atom stereocenters. The Balaban J connectivity index is 2.04. The predicted molar refractivity (Wildman–Crippen MR) is 89.4 cm³/mol. The van der Waals surface area contributed by atoms with Crippen molar-refractivity contribution in [1.82, 2.24) is 5.32 Å². The summed E-state index contributed by atoms with van der Waals surface area (Å²) in [4.78, 5) is 0. The van der Waals surface area contributed by atoms with Gasteiger partial charge in [-0.05, 0) is 43.1 Å². The van der Waals surface area contributed by atoms with Crippen molar-refractivity contribution in [1.29, 1.82) is 0 Å². The Kier molecular flexibility index (Phi) is 6.06. The maximum absolute atomic E-state index is 6.22. The molecule has 1 aliphatic rings. The Hall–Kier alpha value is -0.380. The van der Waals surface area contributed by atoms with Gasteiger partial charge in [0, 0.05) is 28.5 Å². The zero-order valence-electron chi connectivity index (χ0n) is 12.5.